The maximum Gasteiger partial charge on any atom is 0.0679 e. The second-order valence-electron chi connectivity index (χ2n) is 3.41. The number of rotatable bonds is 2. The molecule has 0 spiro atoms. The summed E-state index contributed by atoms with van der Waals surface area (Å²) in [6.07, 6.45) is 4.28. The minimum absolute atomic E-state index is 1.16. The van der Waals surface area contributed by atoms with Crippen LogP contribution in [0, 0.1) is 0 Å². The highest BCUT2D eigenvalue weighted by atomic mass is 15.2. The Hall–Kier alpha value is -1.31. The molecule has 2 heteroatoms. The largest absolute Gasteiger partial charge is 0.268 e. The maximum atomic E-state index is 4.21. The van der Waals surface area contributed by atoms with E-state index in [0.717, 1.165) is 6.42 Å². The summed E-state index contributed by atoms with van der Waals surface area (Å²) in [6.45, 7) is 2.20. The highest BCUT2D eigenvalue weighted by Crippen LogP contribution is 2.15. The predicted octanol–water partition coefficient (Wildman–Crippen LogP) is 2.53. The molecule has 1 aromatic heterocycles. The van der Waals surface area contributed by atoms with Gasteiger partial charge in [0.1, 0.15) is 0 Å². The molecule has 68 valence electrons. The van der Waals surface area contributed by atoms with Crippen LogP contribution >= 0.6 is 0 Å². The third-order valence-corrected chi connectivity index (χ3v) is 2.35. The molecule has 1 aromatic carbocycles. The van der Waals surface area contributed by atoms with Gasteiger partial charge in [-0.2, -0.15) is 5.10 Å². The molecule has 2 rings (SSSR count). The topological polar surface area (TPSA) is 17.8 Å². The number of aromatic nitrogens is 2. The van der Waals surface area contributed by atoms with Crippen molar-refractivity contribution < 1.29 is 0 Å². The Bertz CT molecular complexity index is 415. The number of hydrogen-bond acceptors (Lipinski definition) is 1. The van der Waals surface area contributed by atoms with E-state index in [9.17, 15) is 0 Å². The average Bonchev–Trinajstić information content (AvgIpc) is 2.48. The smallest absolute Gasteiger partial charge is 0.0679 e. The van der Waals surface area contributed by atoms with E-state index in [-0.39, 0.29) is 0 Å². The molecule has 0 saturated carbocycles. The predicted molar refractivity (Wildman–Crippen MR) is 54.7 cm³/mol. The van der Waals surface area contributed by atoms with Crippen LogP contribution in [0.15, 0.2) is 24.4 Å². The second-order valence-corrected chi connectivity index (χ2v) is 3.41. The Balaban J connectivity index is 2.50. The molecule has 2 nitrogen and oxygen atoms in total. The third-order valence-electron chi connectivity index (χ3n) is 2.35. The third kappa shape index (κ3) is 1.44. The first kappa shape index (κ1) is 8.30. The van der Waals surface area contributed by atoms with Crippen LogP contribution in [-0.4, -0.2) is 9.78 Å². The van der Waals surface area contributed by atoms with Crippen LogP contribution in [-0.2, 0) is 13.5 Å². The van der Waals surface area contributed by atoms with Crippen LogP contribution < -0.4 is 0 Å². The van der Waals surface area contributed by atoms with Crippen LogP contribution in [0.2, 0.25) is 0 Å². The molecular weight excluding hydrogens is 160 g/mol. The summed E-state index contributed by atoms with van der Waals surface area (Å²) in [5, 5.41) is 5.46. The van der Waals surface area contributed by atoms with Crippen molar-refractivity contribution in [2.45, 2.75) is 19.8 Å². The standard InChI is InChI=1S/C11H14N2/c1-3-4-9-5-6-11-10(7-9)8-12-13(11)2/h5-8H,3-4H2,1-2H3. The van der Waals surface area contributed by atoms with Crippen molar-refractivity contribution in [2.24, 2.45) is 7.05 Å². The number of nitrogens with zero attached hydrogens (tertiary/aromatic N) is 2. The first-order chi connectivity index (χ1) is 6.31. The molecule has 0 bridgehead atoms. The molecule has 0 radical (unpaired) electrons. The van der Waals surface area contributed by atoms with E-state index in [0.29, 0.717) is 0 Å². The van der Waals surface area contributed by atoms with Crippen LogP contribution in [0.1, 0.15) is 18.9 Å². The molecule has 0 amide bonds. The zero-order valence-corrected chi connectivity index (χ0v) is 8.12. The lowest BCUT2D eigenvalue weighted by atomic mass is 10.1. The molecular formula is C11H14N2. The minimum atomic E-state index is 1.16. The van der Waals surface area contributed by atoms with E-state index < -0.39 is 0 Å². The highest BCUT2D eigenvalue weighted by Gasteiger charge is 1.99. The lowest BCUT2D eigenvalue weighted by molar-refractivity contribution is 0.797. The molecule has 2 aromatic rings. The Morgan fingerprint density at radius 1 is 1.38 bits per heavy atom. The fourth-order valence-electron chi connectivity index (χ4n) is 1.66. The van der Waals surface area contributed by atoms with Gasteiger partial charge in [-0.05, 0) is 24.1 Å². The number of hydrogen-bond donors (Lipinski definition) is 0. The number of aryl methyl sites for hydroxylation is 2. The summed E-state index contributed by atoms with van der Waals surface area (Å²) < 4.78 is 1.91. The summed E-state index contributed by atoms with van der Waals surface area (Å²) in [7, 11) is 1.97. The zero-order chi connectivity index (χ0) is 9.26. The number of benzene rings is 1. The van der Waals surface area contributed by atoms with E-state index in [4.69, 9.17) is 0 Å². The Kier molecular flexibility index (Phi) is 2.05. The van der Waals surface area contributed by atoms with Crippen molar-refractivity contribution in [3.63, 3.8) is 0 Å². The Morgan fingerprint density at radius 2 is 2.23 bits per heavy atom. The van der Waals surface area contributed by atoms with Gasteiger partial charge in [-0.25, -0.2) is 0 Å². The molecule has 0 aliphatic carbocycles. The molecule has 0 N–H and O–H groups in total. The van der Waals surface area contributed by atoms with Crippen molar-refractivity contribution in [3.05, 3.63) is 30.0 Å². The fourth-order valence-corrected chi connectivity index (χ4v) is 1.66. The van der Waals surface area contributed by atoms with Crippen LogP contribution in [0.4, 0.5) is 0 Å². The van der Waals surface area contributed by atoms with E-state index in [1.165, 1.54) is 22.9 Å². The molecule has 0 aliphatic rings. The first-order valence-corrected chi connectivity index (χ1v) is 4.72. The van der Waals surface area contributed by atoms with Gasteiger partial charge in [0.2, 0.25) is 0 Å². The summed E-state index contributed by atoms with van der Waals surface area (Å²) in [5.74, 6) is 0. The zero-order valence-electron chi connectivity index (χ0n) is 8.12. The van der Waals surface area contributed by atoms with Crippen molar-refractivity contribution in [1.29, 1.82) is 0 Å². The minimum Gasteiger partial charge on any atom is -0.268 e. The number of fused-ring (bicyclic) bond motifs is 1. The van der Waals surface area contributed by atoms with Crippen molar-refractivity contribution in [1.82, 2.24) is 9.78 Å². The van der Waals surface area contributed by atoms with E-state index in [1.54, 1.807) is 0 Å². The molecule has 13 heavy (non-hydrogen) atoms. The lowest BCUT2D eigenvalue weighted by Crippen LogP contribution is -1.89. The van der Waals surface area contributed by atoms with Crippen molar-refractivity contribution in [3.8, 4) is 0 Å². The molecule has 0 atom stereocenters. The first-order valence-electron chi connectivity index (χ1n) is 4.72. The second kappa shape index (κ2) is 3.21. The van der Waals surface area contributed by atoms with E-state index >= 15 is 0 Å². The summed E-state index contributed by atoms with van der Waals surface area (Å²) >= 11 is 0. The molecule has 0 fully saturated rings. The van der Waals surface area contributed by atoms with E-state index in [1.807, 2.05) is 17.9 Å². The van der Waals surface area contributed by atoms with Crippen molar-refractivity contribution >= 4 is 10.9 Å². The highest BCUT2D eigenvalue weighted by molar-refractivity contribution is 5.79. The van der Waals surface area contributed by atoms with Gasteiger partial charge in [0.25, 0.3) is 0 Å². The Morgan fingerprint density at radius 3 is 3.00 bits per heavy atom. The molecule has 0 unspecified atom stereocenters. The van der Waals surface area contributed by atoms with E-state index in [2.05, 4.69) is 30.2 Å². The quantitative estimate of drug-likeness (QED) is 0.684. The Labute approximate surface area is 78.2 Å². The molecule has 1 heterocycles. The van der Waals surface area contributed by atoms with Crippen LogP contribution in [0.3, 0.4) is 0 Å². The van der Waals surface area contributed by atoms with Crippen LogP contribution in [0.5, 0.6) is 0 Å². The fraction of sp³-hybridized carbons (Fsp3) is 0.364. The van der Waals surface area contributed by atoms with Gasteiger partial charge in [-0.15, -0.1) is 0 Å². The average molecular weight is 174 g/mol. The van der Waals surface area contributed by atoms with Crippen molar-refractivity contribution in [2.75, 3.05) is 0 Å². The van der Waals surface area contributed by atoms with Gasteiger partial charge >= 0.3 is 0 Å². The van der Waals surface area contributed by atoms with Gasteiger partial charge in [0.05, 0.1) is 11.7 Å². The van der Waals surface area contributed by atoms with Crippen LogP contribution in [0.25, 0.3) is 10.9 Å². The van der Waals surface area contributed by atoms with Gasteiger partial charge in [0, 0.05) is 12.4 Å². The molecule has 0 saturated heterocycles. The molecule has 0 aliphatic heterocycles. The lowest BCUT2D eigenvalue weighted by Gasteiger charge is -1.98. The van der Waals surface area contributed by atoms with Gasteiger partial charge < -0.3 is 0 Å². The SMILES string of the molecule is CCCc1ccc2c(cnn2C)c1. The normalized spacial score (nSPS) is 10.9. The van der Waals surface area contributed by atoms with Gasteiger partial charge in [-0.3, -0.25) is 4.68 Å². The monoisotopic (exact) mass is 174 g/mol. The summed E-state index contributed by atoms with van der Waals surface area (Å²) in [4.78, 5) is 0. The maximum absolute atomic E-state index is 4.21. The summed E-state index contributed by atoms with van der Waals surface area (Å²) in [6, 6.07) is 6.56. The van der Waals surface area contributed by atoms with Gasteiger partial charge in [-0.1, -0.05) is 19.4 Å². The van der Waals surface area contributed by atoms with Gasteiger partial charge in [0.15, 0.2) is 0 Å². The summed E-state index contributed by atoms with van der Waals surface area (Å²) in [5.41, 5.74) is 2.61.